The van der Waals surface area contributed by atoms with Crippen LogP contribution < -0.4 is 5.32 Å². The van der Waals surface area contributed by atoms with E-state index < -0.39 is 0 Å². The van der Waals surface area contributed by atoms with Crippen molar-refractivity contribution in [2.45, 2.75) is 52.1 Å². The lowest BCUT2D eigenvalue weighted by Crippen LogP contribution is -2.41. The number of ether oxygens (including phenoxy) is 1. The van der Waals surface area contributed by atoms with Crippen molar-refractivity contribution in [2.24, 2.45) is 16.8 Å². The Morgan fingerprint density at radius 2 is 1.81 bits per heavy atom. The highest BCUT2D eigenvalue weighted by atomic mass is 127. The summed E-state index contributed by atoms with van der Waals surface area (Å²) in [6, 6.07) is 0. The molecule has 1 N–H and O–H groups in total. The topological polar surface area (TPSA) is 36.9 Å². The fourth-order valence-corrected chi connectivity index (χ4v) is 3.33. The first-order chi connectivity index (χ1) is 9.55. The van der Waals surface area contributed by atoms with Gasteiger partial charge >= 0.3 is 0 Å². The second-order valence-corrected chi connectivity index (χ2v) is 6.84. The van der Waals surface area contributed by atoms with Crippen molar-refractivity contribution in [1.29, 1.82) is 0 Å². The highest BCUT2D eigenvalue weighted by Crippen LogP contribution is 2.35. The zero-order valence-electron chi connectivity index (χ0n) is 14.0. The molecule has 1 aliphatic carbocycles. The third-order valence-corrected chi connectivity index (χ3v) is 4.77. The number of aliphatic imine (C=N–C) groups is 1. The molecule has 0 amide bonds. The normalized spacial score (nSPS) is 26.3. The summed E-state index contributed by atoms with van der Waals surface area (Å²) in [6.45, 7) is 10.3. The quantitative estimate of drug-likeness (QED) is 0.441. The zero-order chi connectivity index (χ0) is 14.6. The lowest BCUT2D eigenvalue weighted by Gasteiger charge is -2.25. The summed E-state index contributed by atoms with van der Waals surface area (Å²) < 4.78 is 5.47. The molecule has 0 aromatic carbocycles. The van der Waals surface area contributed by atoms with Crippen LogP contribution in [0.15, 0.2) is 4.99 Å². The molecule has 1 aliphatic heterocycles. The third-order valence-electron chi connectivity index (χ3n) is 4.77. The van der Waals surface area contributed by atoms with Gasteiger partial charge in [0, 0.05) is 26.7 Å². The van der Waals surface area contributed by atoms with Crippen LogP contribution in [0.2, 0.25) is 0 Å². The molecule has 5 heteroatoms. The van der Waals surface area contributed by atoms with Gasteiger partial charge in [-0.25, -0.2) is 0 Å². The van der Waals surface area contributed by atoms with Crippen LogP contribution in [-0.4, -0.2) is 49.7 Å². The fraction of sp³-hybridized carbons (Fsp3) is 0.938. The lowest BCUT2D eigenvalue weighted by atomic mass is 9.82. The van der Waals surface area contributed by atoms with Gasteiger partial charge in [-0.15, -0.1) is 24.0 Å². The molecule has 0 aromatic rings. The van der Waals surface area contributed by atoms with Crippen molar-refractivity contribution < 1.29 is 4.74 Å². The van der Waals surface area contributed by atoms with Crippen molar-refractivity contribution in [2.75, 3.05) is 33.3 Å². The van der Waals surface area contributed by atoms with Crippen LogP contribution in [0.1, 0.15) is 46.5 Å². The lowest BCUT2D eigenvalue weighted by molar-refractivity contribution is 0.0309. The Hall–Kier alpha value is -0.0400. The molecule has 124 valence electrons. The van der Waals surface area contributed by atoms with Gasteiger partial charge in [0.1, 0.15) is 0 Å². The van der Waals surface area contributed by atoms with Crippen molar-refractivity contribution in [3.05, 3.63) is 0 Å². The van der Waals surface area contributed by atoms with E-state index in [9.17, 15) is 0 Å². The van der Waals surface area contributed by atoms with Crippen LogP contribution in [0.3, 0.4) is 0 Å². The molecule has 2 unspecified atom stereocenters. The molecule has 1 saturated heterocycles. The molecule has 0 aromatic heterocycles. The van der Waals surface area contributed by atoms with Crippen molar-refractivity contribution >= 4 is 29.9 Å². The van der Waals surface area contributed by atoms with Crippen LogP contribution >= 0.6 is 24.0 Å². The smallest absolute Gasteiger partial charge is 0.194 e. The molecule has 2 aliphatic rings. The second kappa shape index (κ2) is 8.56. The monoisotopic (exact) mass is 409 g/mol. The van der Waals surface area contributed by atoms with Crippen LogP contribution in [0.25, 0.3) is 0 Å². The van der Waals surface area contributed by atoms with E-state index in [1.165, 1.54) is 38.8 Å². The average molecular weight is 409 g/mol. The molecule has 1 heterocycles. The molecular weight excluding hydrogens is 377 g/mol. The number of methoxy groups -OCH3 is 1. The van der Waals surface area contributed by atoms with Gasteiger partial charge in [-0.2, -0.15) is 0 Å². The van der Waals surface area contributed by atoms with E-state index in [2.05, 4.69) is 31.0 Å². The first kappa shape index (κ1) is 19.0. The van der Waals surface area contributed by atoms with Crippen molar-refractivity contribution in [3.63, 3.8) is 0 Å². The van der Waals surface area contributed by atoms with Crippen molar-refractivity contribution in [3.8, 4) is 0 Å². The van der Waals surface area contributed by atoms with E-state index in [1.54, 1.807) is 7.11 Å². The fourth-order valence-electron chi connectivity index (χ4n) is 3.33. The van der Waals surface area contributed by atoms with Crippen molar-refractivity contribution in [1.82, 2.24) is 10.2 Å². The maximum absolute atomic E-state index is 5.47. The Balaban J connectivity index is 0.00000220. The van der Waals surface area contributed by atoms with Gasteiger partial charge in [-0.1, -0.05) is 12.8 Å². The Morgan fingerprint density at radius 1 is 1.24 bits per heavy atom. The van der Waals surface area contributed by atoms with E-state index >= 15 is 0 Å². The molecule has 21 heavy (non-hydrogen) atoms. The number of halogens is 1. The van der Waals surface area contributed by atoms with E-state index in [1.807, 2.05) is 0 Å². The molecule has 1 saturated carbocycles. The average Bonchev–Trinajstić information content (AvgIpc) is 2.87. The van der Waals surface area contributed by atoms with Gasteiger partial charge in [0.05, 0.1) is 12.1 Å². The highest BCUT2D eigenvalue weighted by molar-refractivity contribution is 14.0. The summed E-state index contributed by atoms with van der Waals surface area (Å²) in [6.07, 6.45) is 5.65. The summed E-state index contributed by atoms with van der Waals surface area (Å²) in [5, 5.41) is 3.45. The number of hydrogen-bond acceptors (Lipinski definition) is 2. The van der Waals surface area contributed by atoms with Crippen LogP contribution in [0.4, 0.5) is 0 Å². The molecule has 0 radical (unpaired) electrons. The number of guanidine groups is 1. The standard InChI is InChI=1S/C16H31N3O.HI/c1-5-17-15(18-12-16(2,3)20-4)19-10-13-8-6-7-9-14(13)11-19;/h13-14H,5-12H2,1-4H3,(H,17,18);1H. The summed E-state index contributed by atoms with van der Waals surface area (Å²) in [4.78, 5) is 7.27. The highest BCUT2D eigenvalue weighted by Gasteiger charge is 2.35. The SMILES string of the molecule is CCNC(=NCC(C)(C)OC)N1CC2CCCCC2C1.I. The largest absolute Gasteiger partial charge is 0.377 e. The number of likely N-dealkylation sites (tertiary alicyclic amines) is 1. The Bertz CT molecular complexity index is 332. The molecule has 0 spiro atoms. The number of fused-ring (bicyclic) bond motifs is 1. The molecule has 2 atom stereocenters. The van der Waals surface area contributed by atoms with Crippen LogP contribution in [0, 0.1) is 11.8 Å². The van der Waals surface area contributed by atoms with Gasteiger partial charge in [-0.3, -0.25) is 4.99 Å². The zero-order valence-corrected chi connectivity index (χ0v) is 16.4. The minimum absolute atomic E-state index is 0. The number of nitrogens with zero attached hydrogens (tertiary/aromatic N) is 2. The maximum atomic E-state index is 5.47. The van der Waals surface area contributed by atoms with Crippen LogP contribution in [-0.2, 0) is 4.74 Å². The summed E-state index contributed by atoms with van der Waals surface area (Å²) in [7, 11) is 1.76. The summed E-state index contributed by atoms with van der Waals surface area (Å²) in [5.74, 6) is 2.86. The van der Waals surface area contributed by atoms with Crippen LogP contribution in [0.5, 0.6) is 0 Å². The summed E-state index contributed by atoms with van der Waals surface area (Å²) in [5.41, 5.74) is -0.187. The van der Waals surface area contributed by atoms with Gasteiger partial charge in [0.2, 0.25) is 0 Å². The number of rotatable bonds is 4. The Kier molecular flexibility index (Phi) is 7.74. The number of nitrogens with one attached hydrogen (secondary N) is 1. The molecular formula is C16H32IN3O. The Morgan fingerprint density at radius 3 is 2.29 bits per heavy atom. The third kappa shape index (κ3) is 5.27. The Labute approximate surface area is 147 Å². The van der Waals surface area contributed by atoms with Gasteiger partial charge in [0.15, 0.2) is 5.96 Å². The second-order valence-electron chi connectivity index (χ2n) is 6.84. The maximum Gasteiger partial charge on any atom is 0.194 e. The van der Waals surface area contributed by atoms with E-state index in [0.29, 0.717) is 6.54 Å². The van der Waals surface area contributed by atoms with Gasteiger partial charge in [0.25, 0.3) is 0 Å². The number of hydrogen-bond donors (Lipinski definition) is 1. The van der Waals surface area contributed by atoms with Gasteiger partial charge < -0.3 is 15.0 Å². The molecule has 0 bridgehead atoms. The predicted molar refractivity (Wildman–Crippen MR) is 99.5 cm³/mol. The van der Waals surface area contributed by atoms with E-state index in [4.69, 9.17) is 9.73 Å². The summed E-state index contributed by atoms with van der Waals surface area (Å²) >= 11 is 0. The minimum atomic E-state index is -0.187. The van der Waals surface area contributed by atoms with E-state index in [0.717, 1.165) is 24.3 Å². The molecule has 2 fully saturated rings. The minimum Gasteiger partial charge on any atom is -0.377 e. The predicted octanol–water partition coefficient (Wildman–Crippen LogP) is 3.12. The first-order valence-electron chi connectivity index (χ1n) is 8.14. The molecule has 4 nitrogen and oxygen atoms in total. The van der Waals surface area contributed by atoms with E-state index in [-0.39, 0.29) is 29.6 Å². The van der Waals surface area contributed by atoms with Gasteiger partial charge in [-0.05, 0) is 45.4 Å². The molecule has 2 rings (SSSR count). The first-order valence-corrected chi connectivity index (χ1v) is 8.14.